The lowest BCUT2D eigenvalue weighted by Gasteiger charge is -2.19. The van der Waals surface area contributed by atoms with Crippen LogP contribution in [0.5, 0.6) is 0 Å². The first kappa shape index (κ1) is 21.1. The highest BCUT2D eigenvalue weighted by atomic mass is 19.4. The Morgan fingerprint density at radius 2 is 1.68 bits per heavy atom. The maximum Gasteiger partial charge on any atom is 0.393 e. The third-order valence-electron chi connectivity index (χ3n) is 3.62. The van der Waals surface area contributed by atoms with Crippen molar-refractivity contribution in [3.63, 3.8) is 0 Å². The van der Waals surface area contributed by atoms with Crippen molar-refractivity contribution >= 4 is 5.97 Å². The van der Waals surface area contributed by atoms with Crippen LogP contribution in [0, 0.1) is 0 Å². The number of aliphatic carboxylic acids is 1. The summed E-state index contributed by atoms with van der Waals surface area (Å²) in [6.07, 6.45) is -3.45. The molecule has 3 unspecified atom stereocenters. The maximum absolute atomic E-state index is 12.3. The molecular weight excluding hydrogens is 339 g/mol. The number of aliphatic hydroxyl groups is 2. The Balaban J connectivity index is 2.37. The predicted octanol–water partition coefficient (Wildman–Crippen LogP) is 1.80. The van der Waals surface area contributed by atoms with Gasteiger partial charge in [-0.1, -0.05) is 36.4 Å². The fourth-order valence-electron chi connectivity index (χ4n) is 2.18. The van der Waals surface area contributed by atoms with Crippen LogP contribution in [0.4, 0.5) is 13.2 Å². The van der Waals surface area contributed by atoms with Gasteiger partial charge in [0, 0.05) is 0 Å². The number of nitrogens with two attached hydrogens (primary N) is 1. The van der Waals surface area contributed by atoms with Gasteiger partial charge >= 0.3 is 12.1 Å². The molecule has 0 aliphatic heterocycles. The Hall–Kier alpha value is -1.90. The van der Waals surface area contributed by atoms with Gasteiger partial charge in [-0.25, -0.2) is 0 Å². The second kappa shape index (κ2) is 9.55. The number of rotatable bonds is 9. The number of carboxylic acids is 1. The summed E-state index contributed by atoms with van der Waals surface area (Å²) in [4.78, 5) is 10.6. The molecule has 1 rings (SSSR count). The van der Waals surface area contributed by atoms with Gasteiger partial charge in [-0.3, -0.25) is 4.79 Å². The third-order valence-corrected chi connectivity index (χ3v) is 3.62. The van der Waals surface area contributed by atoms with Crippen LogP contribution in [0.25, 0.3) is 0 Å². The molecule has 5 nitrogen and oxygen atoms in total. The van der Waals surface area contributed by atoms with Gasteiger partial charge in [0.25, 0.3) is 0 Å². The number of carbonyl (C=O) groups is 1. The van der Waals surface area contributed by atoms with Gasteiger partial charge in [-0.15, -0.1) is 0 Å². The van der Waals surface area contributed by atoms with Crippen molar-refractivity contribution in [3.8, 4) is 0 Å². The summed E-state index contributed by atoms with van der Waals surface area (Å²) >= 11 is 0. The fraction of sp³-hybridized carbons (Fsp3) is 0.471. The summed E-state index contributed by atoms with van der Waals surface area (Å²) in [5.41, 5.74) is 6.30. The van der Waals surface area contributed by atoms with Gasteiger partial charge in [0.05, 0.1) is 12.5 Å². The molecule has 0 heterocycles. The molecule has 1 aromatic carbocycles. The van der Waals surface area contributed by atoms with Crippen molar-refractivity contribution in [1.82, 2.24) is 0 Å². The Morgan fingerprint density at radius 3 is 2.20 bits per heavy atom. The molecule has 140 valence electrons. The van der Waals surface area contributed by atoms with Gasteiger partial charge < -0.3 is 21.1 Å². The third kappa shape index (κ3) is 8.15. The molecule has 0 amide bonds. The highest BCUT2D eigenvalue weighted by molar-refractivity contribution is 5.74. The number of hydrogen-bond acceptors (Lipinski definition) is 4. The van der Waals surface area contributed by atoms with E-state index in [2.05, 4.69) is 0 Å². The monoisotopic (exact) mass is 361 g/mol. The second-order valence-electron chi connectivity index (χ2n) is 5.78. The molecule has 0 saturated heterocycles. The molecular formula is C17H22F3NO4. The minimum atomic E-state index is -4.22. The summed E-state index contributed by atoms with van der Waals surface area (Å²) in [5.74, 6) is -1.40. The van der Waals surface area contributed by atoms with E-state index in [9.17, 15) is 28.2 Å². The topological polar surface area (TPSA) is 104 Å². The average molecular weight is 361 g/mol. The molecule has 0 saturated carbocycles. The van der Waals surface area contributed by atoms with E-state index in [1.807, 2.05) is 0 Å². The fourth-order valence-corrected chi connectivity index (χ4v) is 2.18. The molecule has 1 aromatic rings. The SMILES string of the molecule is NC(C(=O)O)C(O)C(O)C/C=C/CCc1ccc(CC(F)(F)F)cc1. The second-order valence-corrected chi connectivity index (χ2v) is 5.78. The Bertz CT molecular complexity index is 572. The zero-order valence-corrected chi connectivity index (χ0v) is 13.5. The summed E-state index contributed by atoms with van der Waals surface area (Å²) in [6.45, 7) is 0. The van der Waals surface area contributed by atoms with E-state index in [0.29, 0.717) is 12.8 Å². The van der Waals surface area contributed by atoms with E-state index in [4.69, 9.17) is 10.8 Å². The molecule has 3 atom stereocenters. The number of aliphatic hydroxyl groups excluding tert-OH is 2. The number of hydrogen-bond donors (Lipinski definition) is 4. The van der Waals surface area contributed by atoms with Crippen LogP contribution in [0.2, 0.25) is 0 Å². The first-order chi connectivity index (χ1) is 11.6. The zero-order valence-electron chi connectivity index (χ0n) is 13.5. The van der Waals surface area contributed by atoms with Crippen molar-refractivity contribution in [1.29, 1.82) is 0 Å². The zero-order chi connectivity index (χ0) is 19.0. The summed E-state index contributed by atoms with van der Waals surface area (Å²) in [6, 6.07) is 4.61. The number of carboxylic acid groups (broad SMARTS) is 1. The summed E-state index contributed by atoms with van der Waals surface area (Å²) < 4.78 is 36.8. The van der Waals surface area contributed by atoms with Crippen molar-refractivity contribution in [3.05, 3.63) is 47.5 Å². The molecule has 5 N–H and O–H groups in total. The largest absolute Gasteiger partial charge is 0.480 e. The van der Waals surface area contributed by atoms with Gasteiger partial charge in [0.1, 0.15) is 12.1 Å². The van der Waals surface area contributed by atoms with Gasteiger partial charge in [-0.2, -0.15) is 13.2 Å². The smallest absolute Gasteiger partial charge is 0.393 e. The number of benzene rings is 1. The Morgan fingerprint density at radius 1 is 1.12 bits per heavy atom. The summed E-state index contributed by atoms with van der Waals surface area (Å²) in [5, 5.41) is 27.8. The van der Waals surface area contributed by atoms with Crippen molar-refractivity contribution in [2.24, 2.45) is 5.73 Å². The molecule has 8 heteroatoms. The molecule has 0 radical (unpaired) electrons. The van der Waals surface area contributed by atoms with Gasteiger partial charge in [0.15, 0.2) is 0 Å². The van der Waals surface area contributed by atoms with Gasteiger partial charge in [-0.05, 0) is 30.4 Å². The van der Waals surface area contributed by atoms with E-state index >= 15 is 0 Å². The predicted molar refractivity (Wildman–Crippen MR) is 85.9 cm³/mol. The standard InChI is InChI=1S/C17H22F3NO4/c18-17(19,20)10-12-8-6-11(7-9-12)4-2-1-3-5-13(22)15(23)14(21)16(24)25/h1,3,6-9,13-15,22-23H,2,4-5,10,21H2,(H,24,25)/b3-1+. The highest BCUT2D eigenvalue weighted by Gasteiger charge is 2.28. The van der Waals surface area contributed by atoms with Crippen LogP contribution in [0.15, 0.2) is 36.4 Å². The molecule has 0 aliphatic carbocycles. The van der Waals surface area contributed by atoms with E-state index in [1.54, 1.807) is 24.3 Å². The number of aryl methyl sites for hydroxylation is 1. The first-order valence-electron chi connectivity index (χ1n) is 7.74. The lowest BCUT2D eigenvalue weighted by molar-refractivity contribution is -0.143. The minimum absolute atomic E-state index is 0.0483. The van der Waals surface area contributed by atoms with Crippen LogP contribution < -0.4 is 5.73 Å². The van der Waals surface area contributed by atoms with Crippen molar-refractivity contribution in [2.45, 2.75) is 50.1 Å². The number of alkyl halides is 3. The van der Waals surface area contributed by atoms with Crippen LogP contribution in [0.1, 0.15) is 24.0 Å². The Kier molecular flexibility index (Phi) is 8.08. The van der Waals surface area contributed by atoms with E-state index < -0.39 is 36.8 Å². The summed E-state index contributed by atoms with van der Waals surface area (Å²) in [7, 11) is 0. The minimum Gasteiger partial charge on any atom is -0.480 e. The molecule has 0 aliphatic rings. The lowest BCUT2D eigenvalue weighted by Crippen LogP contribution is -2.47. The normalized spacial score (nSPS) is 15.9. The van der Waals surface area contributed by atoms with Crippen molar-refractivity contribution in [2.75, 3.05) is 0 Å². The molecule has 0 fully saturated rings. The van der Waals surface area contributed by atoms with Crippen LogP contribution in [0.3, 0.4) is 0 Å². The molecule has 0 spiro atoms. The van der Waals surface area contributed by atoms with Gasteiger partial charge in [0.2, 0.25) is 0 Å². The highest BCUT2D eigenvalue weighted by Crippen LogP contribution is 2.21. The molecule has 25 heavy (non-hydrogen) atoms. The molecule has 0 aromatic heterocycles. The number of allylic oxidation sites excluding steroid dienone is 1. The van der Waals surface area contributed by atoms with Crippen LogP contribution >= 0.6 is 0 Å². The van der Waals surface area contributed by atoms with E-state index in [0.717, 1.165) is 5.56 Å². The Labute approximate surface area is 143 Å². The molecule has 0 bridgehead atoms. The lowest BCUT2D eigenvalue weighted by atomic mass is 10.0. The quantitative estimate of drug-likeness (QED) is 0.502. The maximum atomic E-state index is 12.3. The van der Waals surface area contributed by atoms with Crippen LogP contribution in [-0.2, 0) is 17.6 Å². The first-order valence-corrected chi connectivity index (χ1v) is 7.74. The van der Waals surface area contributed by atoms with E-state index in [1.165, 1.54) is 12.1 Å². The van der Waals surface area contributed by atoms with Crippen LogP contribution in [-0.4, -0.2) is 45.7 Å². The van der Waals surface area contributed by atoms with Crippen molar-refractivity contribution < 1.29 is 33.3 Å². The van der Waals surface area contributed by atoms with E-state index in [-0.39, 0.29) is 12.0 Å². The number of halogens is 3. The average Bonchev–Trinajstić information content (AvgIpc) is 2.52.